The maximum Gasteiger partial charge on any atom is 0.409 e. The monoisotopic (exact) mass is 412 g/mol. The van der Waals surface area contributed by atoms with Crippen LogP contribution in [0.4, 0.5) is 9.59 Å². The van der Waals surface area contributed by atoms with E-state index >= 15 is 0 Å². The van der Waals surface area contributed by atoms with E-state index in [1.54, 1.807) is 11.1 Å². The first-order chi connectivity index (χ1) is 14.2. The summed E-state index contributed by atoms with van der Waals surface area (Å²) in [6.45, 7) is 7.11. The molecule has 30 heavy (non-hydrogen) atoms. The van der Waals surface area contributed by atoms with Gasteiger partial charge in [-0.2, -0.15) is 0 Å². The summed E-state index contributed by atoms with van der Waals surface area (Å²) in [7, 11) is 1.42. The van der Waals surface area contributed by atoms with Crippen molar-refractivity contribution in [1.82, 2.24) is 20.2 Å². The number of hydrogen-bond donors (Lipinski definition) is 1. The summed E-state index contributed by atoms with van der Waals surface area (Å²) >= 11 is 0. The van der Waals surface area contributed by atoms with Gasteiger partial charge in [0, 0.05) is 35.8 Å². The lowest BCUT2D eigenvalue weighted by Gasteiger charge is -2.31. The summed E-state index contributed by atoms with van der Waals surface area (Å²) < 4.78 is 10.2. The number of ether oxygens (including phenoxy) is 2. The van der Waals surface area contributed by atoms with Gasteiger partial charge in [0.1, 0.15) is 5.60 Å². The van der Waals surface area contributed by atoms with Crippen LogP contribution >= 0.6 is 0 Å². The molecule has 0 bridgehead atoms. The Morgan fingerprint density at radius 1 is 1.33 bits per heavy atom. The fraction of sp³-hybridized carbons (Fsp3) is 0.545. The molecule has 4 rings (SSSR count). The second-order valence-electron chi connectivity index (χ2n) is 9.16. The average Bonchev–Trinajstić information content (AvgIpc) is 3.45. The van der Waals surface area contributed by atoms with E-state index in [1.807, 2.05) is 39.0 Å². The Morgan fingerprint density at radius 3 is 2.87 bits per heavy atom. The number of likely N-dealkylation sites (tertiary alicyclic amines) is 1. The van der Waals surface area contributed by atoms with Crippen molar-refractivity contribution >= 4 is 23.1 Å². The summed E-state index contributed by atoms with van der Waals surface area (Å²) in [6.07, 6.45) is 3.02. The Morgan fingerprint density at radius 2 is 2.13 bits per heavy atom. The Balaban J connectivity index is 1.51. The number of amides is 2. The normalized spacial score (nSPS) is 22.9. The van der Waals surface area contributed by atoms with E-state index in [1.165, 1.54) is 7.11 Å². The Kier molecular flexibility index (Phi) is 5.03. The van der Waals surface area contributed by atoms with Gasteiger partial charge in [0.25, 0.3) is 0 Å². The summed E-state index contributed by atoms with van der Waals surface area (Å²) in [5.74, 6) is 0.554. The molecule has 0 aromatic carbocycles. The number of carbonyl (C=O) groups excluding carboxylic acids is 2. The lowest BCUT2D eigenvalue weighted by molar-refractivity contribution is 0.0523. The van der Waals surface area contributed by atoms with Crippen LogP contribution in [-0.4, -0.2) is 52.9 Å². The maximum absolute atomic E-state index is 12.0. The van der Waals surface area contributed by atoms with Crippen LogP contribution < -0.4 is 5.32 Å². The number of fused-ring (bicyclic) bond motifs is 2. The fourth-order valence-electron chi connectivity index (χ4n) is 4.27. The molecular formula is C22H28N4O4. The van der Waals surface area contributed by atoms with Crippen LogP contribution in [0.5, 0.6) is 0 Å². The van der Waals surface area contributed by atoms with Crippen molar-refractivity contribution in [2.75, 3.05) is 20.2 Å². The van der Waals surface area contributed by atoms with Crippen LogP contribution in [0.3, 0.4) is 0 Å². The lowest BCUT2D eigenvalue weighted by atomic mass is 9.92. The molecule has 0 radical (unpaired) electrons. The first-order valence-corrected chi connectivity index (χ1v) is 10.3. The van der Waals surface area contributed by atoms with Gasteiger partial charge in [-0.1, -0.05) is 0 Å². The molecule has 2 aliphatic rings. The van der Waals surface area contributed by atoms with E-state index in [9.17, 15) is 9.59 Å². The molecule has 0 spiro atoms. The summed E-state index contributed by atoms with van der Waals surface area (Å²) in [4.78, 5) is 35.0. The number of methoxy groups -OCH3 is 1. The van der Waals surface area contributed by atoms with Gasteiger partial charge in [0.2, 0.25) is 0 Å². The van der Waals surface area contributed by atoms with Crippen LogP contribution in [-0.2, 0) is 21.4 Å². The molecule has 1 aliphatic heterocycles. The van der Waals surface area contributed by atoms with Gasteiger partial charge in [0.05, 0.1) is 24.9 Å². The Hall–Kier alpha value is -2.90. The number of nitrogens with zero attached hydrogens (tertiary/aromatic N) is 3. The highest BCUT2D eigenvalue weighted by Gasteiger charge is 2.59. The summed E-state index contributed by atoms with van der Waals surface area (Å²) in [6, 6.07) is 5.96. The smallest absolute Gasteiger partial charge is 0.409 e. The molecule has 2 fully saturated rings. The highest BCUT2D eigenvalue weighted by atomic mass is 16.6. The van der Waals surface area contributed by atoms with Crippen molar-refractivity contribution in [3.63, 3.8) is 0 Å². The molecular weight excluding hydrogens is 384 g/mol. The summed E-state index contributed by atoms with van der Waals surface area (Å²) in [5.41, 5.74) is 1.92. The van der Waals surface area contributed by atoms with Crippen LogP contribution in [0.2, 0.25) is 0 Å². The zero-order valence-corrected chi connectivity index (χ0v) is 17.9. The predicted molar refractivity (Wildman–Crippen MR) is 111 cm³/mol. The molecule has 2 aromatic rings. The molecule has 2 amide bonds. The second-order valence-corrected chi connectivity index (χ2v) is 9.16. The van der Waals surface area contributed by atoms with E-state index in [-0.39, 0.29) is 18.1 Å². The minimum absolute atomic E-state index is 0.0845. The number of nitrogens with one attached hydrogen (secondary N) is 1. The number of pyridine rings is 2. The van der Waals surface area contributed by atoms with Crippen molar-refractivity contribution in [2.24, 2.45) is 5.92 Å². The van der Waals surface area contributed by atoms with Gasteiger partial charge in [-0.3, -0.25) is 9.97 Å². The zero-order valence-electron chi connectivity index (χ0n) is 17.9. The number of rotatable bonds is 3. The number of piperidine rings is 1. The van der Waals surface area contributed by atoms with E-state index < -0.39 is 11.7 Å². The molecule has 8 nitrogen and oxygen atoms in total. The minimum atomic E-state index is -0.546. The molecule has 1 N–H and O–H groups in total. The third-order valence-corrected chi connectivity index (χ3v) is 5.84. The van der Waals surface area contributed by atoms with Crippen molar-refractivity contribution in [3.05, 3.63) is 35.8 Å². The first-order valence-electron chi connectivity index (χ1n) is 10.3. The quantitative estimate of drug-likeness (QED) is 0.831. The van der Waals surface area contributed by atoms with Crippen LogP contribution in [0.25, 0.3) is 10.9 Å². The first kappa shape index (κ1) is 20.4. The van der Waals surface area contributed by atoms with E-state index in [2.05, 4.69) is 10.3 Å². The van der Waals surface area contributed by atoms with Gasteiger partial charge in [0.15, 0.2) is 0 Å². The van der Waals surface area contributed by atoms with Crippen molar-refractivity contribution in [2.45, 2.75) is 51.2 Å². The number of alkyl carbamates (subject to hydrolysis) is 1. The van der Waals surface area contributed by atoms with Gasteiger partial charge >= 0.3 is 12.2 Å². The van der Waals surface area contributed by atoms with Gasteiger partial charge < -0.3 is 19.7 Å². The maximum atomic E-state index is 12.0. The third kappa shape index (κ3) is 4.04. The van der Waals surface area contributed by atoms with Crippen LogP contribution in [0, 0.1) is 5.92 Å². The SMILES string of the molecule is COC(=O)N1CCC2CC2(c2ccc3cnc(CNC(=O)OC(C)(C)C)cc3n2)C1. The molecule has 3 heterocycles. The third-order valence-electron chi connectivity index (χ3n) is 5.84. The number of hydrogen-bond acceptors (Lipinski definition) is 6. The van der Waals surface area contributed by atoms with Crippen molar-refractivity contribution in [1.29, 1.82) is 0 Å². The highest BCUT2D eigenvalue weighted by molar-refractivity contribution is 5.78. The molecule has 1 saturated carbocycles. The van der Waals surface area contributed by atoms with E-state index in [0.29, 0.717) is 18.2 Å². The fourth-order valence-corrected chi connectivity index (χ4v) is 4.27. The molecule has 1 saturated heterocycles. The molecule has 8 heteroatoms. The minimum Gasteiger partial charge on any atom is -0.453 e. The lowest BCUT2D eigenvalue weighted by Crippen LogP contribution is -2.42. The van der Waals surface area contributed by atoms with Crippen LogP contribution in [0.1, 0.15) is 45.0 Å². The predicted octanol–water partition coefficient (Wildman–Crippen LogP) is 3.38. The molecule has 2 unspecified atom stereocenters. The van der Waals surface area contributed by atoms with E-state index in [0.717, 1.165) is 36.0 Å². The zero-order chi connectivity index (χ0) is 21.5. The second kappa shape index (κ2) is 7.41. The van der Waals surface area contributed by atoms with Crippen molar-refractivity contribution in [3.8, 4) is 0 Å². The molecule has 2 aromatic heterocycles. The highest BCUT2D eigenvalue weighted by Crippen LogP contribution is 2.58. The standard InChI is InChI=1S/C22H28N4O4/c1-21(2,3)30-19(27)24-12-16-9-17-14(11-23-16)5-6-18(25-17)22-10-15(22)7-8-26(13-22)20(28)29-4/h5-6,9,11,15H,7-8,10,12-13H2,1-4H3,(H,24,27). The Bertz CT molecular complexity index is 987. The summed E-state index contributed by atoms with van der Waals surface area (Å²) in [5, 5.41) is 3.67. The number of carbonyl (C=O) groups is 2. The largest absolute Gasteiger partial charge is 0.453 e. The van der Waals surface area contributed by atoms with Crippen molar-refractivity contribution < 1.29 is 19.1 Å². The Labute approximate surface area is 176 Å². The number of aromatic nitrogens is 2. The van der Waals surface area contributed by atoms with Crippen LogP contribution in [0.15, 0.2) is 24.4 Å². The van der Waals surface area contributed by atoms with E-state index in [4.69, 9.17) is 14.5 Å². The molecule has 160 valence electrons. The van der Waals surface area contributed by atoms with Gasteiger partial charge in [-0.25, -0.2) is 9.59 Å². The molecule has 2 atom stereocenters. The topological polar surface area (TPSA) is 93.7 Å². The van der Waals surface area contributed by atoms with Gasteiger partial charge in [-0.15, -0.1) is 0 Å². The average molecular weight is 412 g/mol. The van der Waals surface area contributed by atoms with Gasteiger partial charge in [-0.05, 0) is 57.7 Å². The molecule has 1 aliphatic carbocycles.